The van der Waals surface area contributed by atoms with Crippen molar-refractivity contribution >= 4 is 23.2 Å². The Hall–Kier alpha value is -0.200. The summed E-state index contributed by atoms with van der Waals surface area (Å²) in [5.74, 6) is 0.724. The van der Waals surface area contributed by atoms with Crippen LogP contribution >= 0.6 is 23.2 Å². The van der Waals surface area contributed by atoms with Crippen molar-refractivity contribution < 1.29 is 0 Å². The summed E-state index contributed by atoms with van der Waals surface area (Å²) in [6.45, 7) is 0. The molecule has 0 saturated heterocycles. The van der Waals surface area contributed by atoms with Crippen LogP contribution in [-0.2, 0) is 6.42 Å². The van der Waals surface area contributed by atoms with Crippen LogP contribution in [-0.4, -0.2) is 5.38 Å². The average molecular weight is 243 g/mol. The Kier molecular flexibility index (Phi) is 3.93. The van der Waals surface area contributed by atoms with Gasteiger partial charge in [0.1, 0.15) is 0 Å². The minimum absolute atomic E-state index is 0.300. The maximum Gasteiger partial charge on any atom is 0.0406 e. The summed E-state index contributed by atoms with van der Waals surface area (Å²) < 4.78 is 0. The molecule has 0 aliphatic heterocycles. The monoisotopic (exact) mass is 242 g/mol. The molecule has 0 spiro atoms. The van der Waals surface area contributed by atoms with Crippen LogP contribution in [0.25, 0.3) is 0 Å². The Morgan fingerprint density at radius 2 is 1.73 bits per heavy atom. The largest absolute Gasteiger partial charge is 0.122 e. The van der Waals surface area contributed by atoms with Gasteiger partial charge in [0.2, 0.25) is 0 Å². The van der Waals surface area contributed by atoms with E-state index in [2.05, 4.69) is 12.1 Å². The fourth-order valence-corrected chi connectivity index (χ4v) is 2.89. The van der Waals surface area contributed by atoms with Gasteiger partial charge in [0.05, 0.1) is 0 Å². The van der Waals surface area contributed by atoms with Gasteiger partial charge in [-0.3, -0.25) is 0 Å². The lowest BCUT2D eigenvalue weighted by Crippen LogP contribution is -2.14. The van der Waals surface area contributed by atoms with Crippen molar-refractivity contribution in [1.29, 1.82) is 0 Å². The van der Waals surface area contributed by atoms with E-state index in [1.54, 1.807) is 0 Å². The second kappa shape index (κ2) is 5.23. The third kappa shape index (κ3) is 3.12. The van der Waals surface area contributed by atoms with E-state index in [4.69, 9.17) is 23.2 Å². The van der Waals surface area contributed by atoms with E-state index in [-0.39, 0.29) is 0 Å². The quantitative estimate of drug-likeness (QED) is 0.676. The van der Waals surface area contributed by atoms with Gasteiger partial charge >= 0.3 is 0 Å². The highest BCUT2D eigenvalue weighted by Gasteiger charge is 2.23. The molecule has 1 atom stereocenters. The van der Waals surface area contributed by atoms with Crippen LogP contribution in [0.4, 0.5) is 0 Å². The highest BCUT2D eigenvalue weighted by molar-refractivity contribution is 6.30. The third-order valence-corrected chi connectivity index (χ3v) is 4.02. The van der Waals surface area contributed by atoms with Crippen molar-refractivity contribution in [3.63, 3.8) is 0 Å². The molecule has 15 heavy (non-hydrogen) atoms. The van der Waals surface area contributed by atoms with E-state index in [9.17, 15) is 0 Å². The van der Waals surface area contributed by atoms with E-state index in [0.29, 0.717) is 5.38 Å². The molecule has 2 rings (SSSR count). The normalized spacial score (nSPS) is 19.3. The van der Waals surface area contributed by atoms with Crippen molar-refractivity contribution in [3.05, 3.63) is 34.9 Å². The Labute approximate surface area is 102 Å². The topological polar surface area (TPSA) is 0 Å². The van der Waals surface area contributed by atoms with Gasteiger partial charge in [0, 0.05) is 10.4 Å². The molecule has 2 heteroatoms. The molecule has 1 aromatic carbocycles. The predicted molar refractivity (Wildman–Crippen MR) is 66.8 cm³/mol. The Balaban J connectivity index is 1.92. The van der Waals surface area contributed by atoms with E-state index >= 15 is 0 Å². The first-order valence-corrected chi connectivity index (χ1v) is 6.45. The van der Waals surface area contributed by atoms with Crippen molar-refractivity contribution in [2.24, 2.45) is 5.92 Å². The molecule has 0 bridgehead atoms. The molecule has 82 valence electrons. The molecule has 1 aliphatic carbocycles. The summed E-state index contributed by atoms with van der Waals surface area (Å²) in [6.07, 6.45) is 6.30. The van der Waals surface area contributed by atoms with Crippen LogP contribution in [0.3, 0.4) is 0 Å². The van der Waals surface area contributed by atoms with E-state index < -0.39 is 0 Å². The molecule has 1 fully saturated rings. The lowest BCUT2D eigenvalue weighted by atomic mass is 9.98. The van der Waals surface area contributed by atoms with Gasteiger partial charge < -0.3 is 0 Å². The molecule has 0 N–H and O–H groups in total. The smallest absolute Gasteiger partial charge is 0.0406 e. The molecule has 1 saturated carbocycles. The van der Waals surface area contributed by atoms with Crippen molar-refractivity contribution in [2.45, 2.75) is 37.5 Å². The van der Waals surface area contributed by atoms with E-state index in [0.717, 1.165) is 17.4 Å². The van der Waals surface area contributed by atoms with E-state index in [1.165, 1.54) is 31.2 Å². The van der Waals surface area contributed by atoms with Crippen molar-refractivity contribution in [1.82, 2.24) is 0 Å². The van der Waals surface area contributed by atoms with Crippen LogP contribution < -0.4 is 0 Å². The van der Waals surface area contributed by atoms with Gasteiger partial charge in [0.15, 0.2) is 0 Å². The molecule has 1 aliphatic rings. The van der Waals surface area contributed by atoms with Crippen LogP contribution in [0, 0.1) is 5.92 Å². The number of alkyl halides is 1. The lowest BCUT2D eigenvalue weighted by molar-refractivity contribution is 0.512. The average Bonchev–Trinajstić information content (AvgIpc) is 2.74. The highest BCUT2D eigenvalue weighted by atomic mass is 35.5. The highest BCUT2D eigenvalue weighted by Crippen LogP contribution is 2.32. The Bertz CT molecular complexity index is 299. The maximum absolute atomic E-state index is 6.43. The number of hydrogen-bond acceptors (Lipinski definition) is 0. The first-order valence-electron chi connectivity index (χ1n) is 5.64. The summed E-state index contributed by atoms with van der Waals surface area (Å²) in [5.41, 5.74) is 1.30. The Morgan fingerprint density at radius 1 is 1.13 bits per heavy atom. The molecule has 0 amide bonds. The molecular weight excluding hydrogens is 227 g/mol. The number of benzene rings is 1. The Morgan fingerprint density at radius 3 is 2.33 bits per heavy atom. The number of halogens is 2. The number of hydrogen-bond donors (Lipinski definition) is 0. The summed E-state index contributed by atoms with van der Waals surface area (Å²) >= 11 is 12.3. The SMILES string of the molecule is Clc1ccc(CC(Cl)C2CCCC2)cc1. The molecular formula is C13H16Cl2. The van der Waals surface area contributed by atoms with Crippen LogP contribution in [0.15, 0.2) is 24.3 Å². The fraction of sp³-hybridized carbons (Fsp3) is 0.538. The minimum atomic E-state index is 0.300. The van der Waals surface area contributed by atoms with E-state index in [1.807, 2.05) is 12.1 Å². The lowest BCUT2D eigenvalue weighted by Gasteiger charge is -2.16. The maximum atomic E-state index is 6.43. The number of rotatable bonds is 3. The molecule has 0 nitrogen and oxygen atoms in total. The molecule has 1 unspecified atom stereocenters. The first-order chi connectivity index (χ1) is 7.25. The van der Waals surface area contributed by atoms with Crippen molar-refractivity contribution in [3.8, 4) is 0 Å². The summed E-state index contributed by atoms with van der Waals surface area (Å²) in [6, 6.07) is 8.03. The molecule has 0 heterocycles. The van der Waals surface area contributed by atoms with Gasteiger partial charge in [-0.1, -0.05) is 36.6 Å². The zero-order valence-electron chi connectivity index (χ0n) is 8.76. The van der Waals surface area contributed by atoms with Gasteiger partial charge in [0.25, 0.3) is 0 Å². The molecule has 1 aromatic rings. The summed E-state index contributed by atoms with van der Waals surface area (Å²) in [7, 11) is 0. The summed E-state index contributed by atoms with van der Waals surface area (Å²) in [5, 5.41) is 1.10. The van der Waals surface area contributed by atoms with Crippen LogP contribution in [0.1, 0.15) is 31.2 Å². The molecule has 0 aromatic heterocycles. The predicted octanol–water partition coefficient (Wildman–Crippen LogP) is 4.68. The zero-order chi connectivity index (χ0) is 10.7. The molecule has 0 radical (unpaired) electrons. The van der Waals surface area contributed by atoms with Crippen LogP contribution in [0.2, 0.25) is 5.02 Å². The van der Waals surface area contributed by atoms with Gasteiger partial charge in [-0.15, -0.1) is 11.6 Å². The zero-order valence-corrected chi connectivity index (χ0v) is 10.3. The second-order valence-electron chi connectivity index (χ2n) is 4.39. The standard InChI is InChI=1S/C13H16Cl2/c14-12-7-5-10(6-8-12)9-13(15)11-3-1-2-4-11/h5-8,11,13H,1-4,9H2. The van der Waals surface area contributed by atoms with Crippen LogP contribution in [0.5, 0.6) is 0 Å². The summed E-state index contributed by atoms with van der Waals surface area (Å²) in [4.78, 5) is 0. The van der Waals surface area contributed by atoms with Gasteiger partial charge in [-0.2, -0.15) is 0 Å². The third-order valence-electron chi connectivity index (χ3n) is 3.26. The fourth-order valence-electron chi connectivity index (χ4n) is 2.33. The van der Waals surface area contributed by atoms with Gasteiger partial charge in [-0.05, 0) is 42.9 Å². The van der Waals surface area contributed by atoms with Gasteiger partial charge in [-0.25, -0.2) is 0 Å². The second-order valence-corrected chi connectivity index (χ2v) is 5.39. The van der Waals surface area contributed by atoms with Crippen molar-refractivity contribution in [2.75, 3.05) is 0 Å². The first kappa shape index (κ1) is 11.3. The minimum Gasteiger partial charge on any atom is -0.122 e.